The Labute approximate surface area is 288 Å². The number of rotatable bonds is 2. The number of para-hydroxylation sites is 1. The van der Waals surface area contributed by atoms with Crippen LogP contribution in [0.3, 0.4) is 0 Å². The van der Waals surface area contributed by atoms with Gasteiger partial charge in [0.1, 0.15) is 28.0 Å². The van der Waals surface area contributed by atoms with Crippen molar-refractivity contribution in [2.24, 2.45) is 0 Å². The second-order valence-electron chi connectivity index (χ2n) is 13.6. The van der Waals surface area contributed by atoms with Crippen LogP contribution in [0.25, 0.3) is 126 Å². The molecule has 0 bridgehead atoms. The van der Waals surface area contributed by atoms with E-state index in [-0.39, 0.29) is 0 Å². The molecule has 0 unspecified atom stereocenters. The van der Waals surface area contributed by atoms with Crippen LogP contribution in [0.4, 0.5) is 0 Å². The predicted molar refractivity (Wildman–Crippen MR) is 208 cm³/mol. The van der Waals surface area contributed by atoms with Crippen LogP contribution in [0.2, 0.25) is 0 Å². The summed E-state index contributed by atoms with van der Waals surface area (Å²) in [7, 11) is 0. The second-order valence-corrected chi connectivity index (χ2v) is 13.6. The lowest BCUT2D eigenvalue weighted by Gasteiger charge is -2.16. The summed E-state index contributed by atoms with van der Waals surface area (Å²) in [6.07, 6.45) is 0. The molecule has 4 heterocycles. The van der Waals surface area contributed by atoms with Gasteiger partial charge in [-0.2, -0.15) is 0 Å². The number of hydrogen-bond donors (Lipinski definition) is 0. The van der Waals surface area contributed by atoms with Crippen molar-refractivity contribution in [3.63, 3.8) is 0 Å². The van der Waals surface area contributed by atoms with Gasteiger partial charge in [0.2, 0.25) is 0 Å². The minimum Gasteiger partial charge on any atom is -0.456 e. The van der Waals surface area contributed by atoms with E-state index in [2.05, 4.69) is 126 Å². The van der Waals surface area contributed by atoms with Crippen LogP contribution >= 0.6 is 0 Å². The van der Waals surface area contributed by atoms with Crippen LogP contribution < -0.4 is 0 Å². The predicted octanol–water partition coefficient (Wildman–Crippen LogP) is 12.5. The molecule has 8 aromatic carbocycles. The lowest BCUT2D eigenvalue weighted by atomic mass is 9.95. The van der Waals surface area contributed by atoms with Crippen LogP contribution in [-0.2, 0) is 0 Å². The van der Waals surface area contributed by atoms with E-state index >= 15 is 0 Å². The highest BCUT2D eigenvalue weighted by Crippen LogP contribution is 2.51. The van der Waals surface area contributed by atoms with Gasteiger partial charge in [0.05, 0.1) is 22.1 Å². The van der Waals surface area contributed by atoms with Gasteiger partial charge in [-0.3, -0.25) is 4.57 Å². The molecule has 5 nitrogen and oxygen atoms in total. The summed E-state index contributed by atoms with van der Waals surface area (Å²) in [6.45, 7) is 0. The van der Waals surface area contributed by atoms with Crippen molar-refractivity contribution in [3.8, 4) is 28.2 Å². The number of furan rings is 2. The van der Waals surface area contributed by atoms with Gasteiger partial charge in [-0.1, -0.05) is 97.1 Å². The van der Waals surface area contributed by atoms with Gasteiger partial charge >= 0.3 is 0 Å². The van der Waals surface area contributed by atoms with Crippen molar-refractivity contribution < 1.29 is 8.83 Å². The molecule has 0 N–H and O–H groups in total. The number of benzene rings is 8. The van der Waals surface area contributed by atoms with Crippen LogP contribution in [-0.4, -0.2) is 14.5 Å². The molecule has 1 aliphatic carbocycles. The zero-order chi connectivity index (χ0) is 32.9. The summed E-state index contributed by atoms with van der Waals surface area (Å²) in [5, 5.41) is 11.5. The maximum Gasteiger partial charge on any atom is 0.165 e. The second kappa shape index (κ2) is 8.97. The molecule has 0 saturated heterocycles. The SMILES string of the molecule is c1ccc2c(c1)ccc1nc(-n3c4ccc5cccc6c5c4c4c5c(ccc43)oc3cccc-6c35)c(-c3cccc4oc5ccccc5c34)nc12. The van der Waals surface area contributed by atoms with Gasteiger partial charge in [-0.25, -0.2) is 9.97 Å². The van der Waals surface area contributed by atoms with Gasteiger partial charge < -0.3 is 8.83 Å². The Bertz CT molecular complexity index is 3550. The number of nitrogens with zero attached hydrogens (tertiary/aromatic N) is 3. The highest BCUT2D eigenvalue weighted by molar-refractivity contribution is 6.38. The summed E-state index contributed by atoms with van der Waals surface area (Å²) in [5.41, 5.74) is 11.5. The maximum absolute atomic E-state index is 6.55. The minimum absolute atomic E-state index is 0.778. The number of fused-ring (bicyclic) bond motifs is 7. The average Bonchev–Trinajstić information content (AvgIpc) is 3.83. The van der Waals surface area contributed by atoms with E-state index in [4.69, 9.17) is 18.8 Å². The van der Waals surface area contributed by atoms with E-state index in [0.29, 0.717) is 0 Å². The third-order valence-electron chi connectivity index (χ3n) is 11.1. The van der Waals surface area contributed by atoms with Gasteiger partial charge in [0, 0.05) is 43.3 Å². The van der Waals surface area contributed by atoms with Crippen molar-refractivity contribution >= 4 is 98.3 Å². The smallest absolute Gasteiger partial charge is 0.165 e. The summed E-state index contributed by atoms with van der Waals surface area (Å²) >= 11 is 0. The first-order valence-corrected chi connectivity index (χ1v) is 17.3. The van der Waals surface area contributed by atoms with Crippen molar-refractivity contribution in [1.29, 1.82) is 0 Å². The molecule has 12 aromatic rings. The quantitative estimate of drug-likeness (QED) is 0.175. The Balaban J connectivity index is 1.28. The first kappa shape index (κ1) is 26.0. The zero-order valence-corrected chi connectivity index (χ0v) is 26.9. The summed E-state index contributed by atoms with van der Waals surface area (Å²) in [5.74, 6) is 0.778. The average molecular weight is 650 g/mol. The fourth-order valence-corrected chi connectivity index (χ4v) is 9.04. The van der Waals surface area contributed by atoms with Crippen molar-refractivity contribution in [3.05, 3.63) is 140 Å². The third-order valence-corrected chi connectivity index (χ3v) is 11.1. The van der Waals surface area contributed by atoms with E-state index in [1.165, 1.54) is 32.7 Å². The monoisotopic (exact) mass is 649 g/mol. The van der Waals surface area contributed by atoms with E-state index < -0.39 is 0 Å². The fraction of sp³-hybridized carbons (Fsp3) is 0. The fourth-order valence-electron chi connectivity index (χ4n) is 9.04. The minimum atomic E-state index is 0.778. The molecule has 0 saturated carbocycles. The molecule has 4 aromatic heterocycles. The highest BCUT2D eigenvalue weighted by atomic mass is 16.3. The molecule has 0 amide bonds. The molecule has 51 heavy (non-hydrogen) atoms. The van der Waals surface area contributed by atoms with E-state index in [9.17, 15) is 0 Å². The van der Waals surface area contributed by atoms with Gasteiger partial charge in [-0.15, -0.1) is 0 Å². The highest BCUT2D eigenvalue weighted by Gasteiger charge is 2.28. The number of hydrogen-bond acceptors (Lipinski definition) is 4. The standard InChI is InChI=1S/C46H23N3O2/c1-2-10-26-24(8-1)18-20-31-44(26)48-45(30-14-7-16-35-39(30)29-11-3-4-15-34(29)50-35)46(47-31)49-32-21-19-25-9-5-12-27-28-13-6-17-36-40(28)43-37(51-36)23-22-33(49)42(43)41(32)38(25)27/h1-23H. The Morgan fingerprint density at radius 2 is 1.02 bits per heavy atom. The Morgan fingerprint density at radius 3 is 1.92 bits per heavy atom. The Kier molecular flexibility index (Phi) is 4.57. The molecule has 234 valence electrons. The molecule has 0 radical (unpaired) electrons. The molecule has 0 aliphatic heterocycles. The third kappa shape index (κ3) is 3.13. The van der Waals surface area contributed by atoms with Crippen LogP contribution in [0, 0.1) is 0 Å². The van der Waals surface area contributed by atoms with E-state index in [1.807, 2.05) is 18.2 Å². The largest absolute Gasteiger partial charge is 0.456 e. The molecular weight excluding hydrogens is 627 g/mol. The summed E-state index contributed by atoms with van der Waals surface area (Å²) in [6, 6.07) is 49.1. The molecule has 0 spiro atoms. The lowest BCUT2D eigenvalue weighted by molar-refractivity contribution is 0.668. The summed E-state index contributed by atoms with van der Waals surface area (Å²) in [4.78, 5) is 11.2. The topological polar surface area (TPSA) is 57.0 Å². The molecular formula is C46H23N3O2. The maximum atomic E-state index is 6.55. The Morgan fingerprint density at radius 1 is 0.392 bits per heavy atom. The van der Waals surface area contributed by atoms with E-state index in [0.717, 1.165) is 93.8 Å². The molecule has 0 atom stereocenters. The van der Waals surface area contributed by atoms with Gasteiger partial charge in [-0.05, 0) is 69.8 Å². The van der Waals surface area contributed by atoms with Crippen molar-refractivity contribution in [1.82, 2.24) is 14.5 Å². The van der Waals surface area contributed by atoms with Crippen LogP contribution in [0.15, 0.2) is 148 Å². The summed E-state index contributed by atoms with van der Waals surface area (Å²) < 4.78 is 15.3. The van der Waals surface area contributed by atoms with Crippen LogP contribution in [0.5, 0.6) is 0 Å². The van der Waals surface area contributed by atoms with E-state index in [1.54, 1.807) is 0 Å². The van der Waals surface area contributed by atoms with Crippen LogP contribution in [0.1, 0.15) is 0 Å². The van der Waals surface area contributed by atoms with Gasteiger partial charge in [0.15, 0.2) is 5.82 Å². The first-order chi connectivity index (χ1) is 25.3. The van der Waals surface area contributed by atoms with Crippen molar-refractivity contribution in [2.75, 3.05) is 0 Å². The molecule has 5 heteroatoms. The molecule has 0 fully saturated rings. The normalized spacial score (nSPS) is 12.7. The van der Waals surface area contributed by atoms with Gasteiger partial charge in [0.25, 0.3) is 0 Å². The number of aromatic nitrogens is 3. The molecule has 13 rings (SSSR count). The first-order valence-electron chi connectivity index (χ1n) is 17.3. The lowest BCUT2D eigenvalue weighted by Crippen LogP contribution is -2.04. The van der Waals surface area contributed by atoms with Crippen molar-refractivity contribution in [2.45, 2.75) is 0 Å². The molecule has 1 aliphatic rings. The zero-order valence-electron chi connectivity index (χ0n) is 26.9. The Hall–Kier alpha value is -6.98.